The lowest BCUT2D eigenvalue weighted by Crippen LogP contribution is -2.48. The molecule has 0 saturated carbocycles. The van der Waals surface area contributed by atoms with Crippen LogP contribution in [0.15, 0.2) is 9.79 Å². The zero-order chi connectivity index (χ0) is 17.6. The Morgan fingerprint density at radius 1 is 1.38 bits per heavy atom. The Morgan fingerprint density at radius 3 is 2.96 bits per heavy atom. The number of aryl methyl sites for hydroxylation is 2. The fourth-order valence-corrected chi connectivity index (χ4v) is 4.69. The standard InChI is InChI=1S/C17H30N6OS.HI/c1-3-14-13-21(11-12-25-14)16(18-2)19-8-6-10-23-17(24)22-9-5-4-7-15(22)20-23;/h14H,3-13H2,1-2H3,(H,18,19);1H. The van der Waals surface area contributed by atoms with Gasteiger partial charge in [-0.15, -0.1) is 24.0 Å². The van der Waals surface area contributed by atoms with E-state index in [1.807, 2.05) is 11.6 Å². The van der Waals surface area contributed by atoms with Crippen LogP contribution in [0.5, 0.6) is 0 Å². The third-order valence-electron chi connectivity index (χ3n) is 4.97. The summed E-state index contributed by atoms with van der Waals surface area (Å²) in [6.07, 6.45) is 5.23. The van der Waals surface area contributed by atoms with E-state index in [1.54, 1.807) is 4.68 Å². The molecule has 0 aliphatic carbocycles. The number of aromatic nitrogens is 3. The molecule has 1 fully saturated rings. The monoisotopic (exact) mass is 494 g/mol. The first kappa shape index (κ1) is 21.6. The maximum absolute atomic E-state index is 12.3. The van der Waals surface area contributed by atoms with E-state index in [0.29, 0.717) is 11.8 Å². The summed E-state index contributed by atoms with van der Waals surface area (Å²) >= 11 is 2.06. The second-order valence-corrected chi connectivity index (χ2v) is 8.11. The maximum atomic E-state index is 12.3. The number of hydrogen-bond acceptors (Lipinski definition) is 4. The molecule has 2 aliphatic rings. The molecule has 1 atom stereocenters. The average molecular weight is 494 g/mol. The molecule has 1 N–H and O–H groups in total. The van der Waals surface area contributed by atoms with Gasteiger partial charge in [0, 0.05) is 57.2 Å². The highest BCUT2D eigenvalue weighted by atomic mass is 127. The minimum Gasteiger partial charge on any atom is -0.356 e. The van der Waals surface area contributed by atoms with Gasteiger partial charge in [-0.05, 0) is 25.7 Å². The zero-order valence-corrected chi connectivity index (χ0v) is 19.0. The SMILES string of the molecule is CCC1CN(C(=NC)NCCCn2nc3n(c2=O)CCCC3)CCS1.I. The van der Waals surface area contributed by atoms with Crippen LogP contribution in [0.1, 0.15) is 38.4 Å². The molecule has 3 rings (SSSR count). The summed E-state index contributed by atoms with van der Waals surface area (Å²) in [6, 6.07) is 0. The summed E-state index contributed by atoms with van der Waals surface area (Å²) in [4.78, 5) is 19.1. The predicted octanol–water partition coefficient (Wildman–Crippen LogP) is 1.79. The van der Waals surface area contributed by atoms with E-state index in [0.717, 1.165) is 69.4 Å². The van der Waals surface area contributed by atoms with Gasteiger partial charge in [-0.1, -0.05) is 6.92 Å². The normalized spacial score (nSPS) is 20.5. The fraction of sp³-hybridized carbons (Fsp3) is 0.824. The second-order valence-electron chi connectivity index (χ2n) is 6.71. The van der Waals surface area contributed by atoms with Gasteiger partial charge in [0.05, 0.1) is 0 Å². The highest BCUT2D eigenvalue weighted by molar-refractivity contribution is 14.0. The smallest absolute Gasteiger partial charge is 0.345 e. The number of fused-ring (bicyclic) bond motifs is 1. The molecule has 1 aromatic rings. The van der Waals surface area contributed by atoms with Gasteiger partial charge in [0.25, 0.3) is 0 Å². The lowest BCUT2D eigenvalue weighted by molar-refractivity contribution is 0.406. The third-order valence-corrected chi connectivity index (χ3v) is 6.34. The largest absolute Gasteiger partial charge is 0.356 e. The van der Waals surface area contributed by atoms with Gasteiger partial charge in [0.2, 0.25) is 0 Å². The molecule has 9 heteroatoms. The lowest BCUT2D eigenvalue weighted by Gasteiger charge is -2.34. The van der Waals surface area contributed by atoms with Crippen LogP contribution in [0.3, 0.4) is 0 Å². The number of nitrogens with zero attached hydrogens (tertiary/aromatic N) is 5. The number of thioether (sulfide) groups is 1. The van der Waals surface area contributed by atoms with Gasteiger partial charge in [-0.3, -0.25) is 9.56 Å². The zero-order valence-electron chi connectivity index (χ0n) is 15.8. The molecule has 3 heterocycles. The van der Waals surface area contributed by atoms with Crippen molar-refractivity contribution in [3.8, 4) is 0 Å². The van der Waals surface area contributed by atoms with E-state index in [-0.39, 0.29) is 29.7 Å². The van der Waals surface area contributed by atoms with E-state index in [1.165, 1.54) is 6.42 Å². The molecule has 0 amide bonds. The molecule has 1 unspecified atom stereocenters. The molecule has 0 radical (unpaired) electrons. The molecule has 0 aromatic carbocycles. The van der Waals surface area contributed by atoms with E-state index in [2.05, 4.69) is 39.0 Å². The molecule has 148 valence electrons. The van der Waals surface area contributed by atoms with Crippen LogP contribution in [-0.4, -0.2) is 62.9 Å². The highest BCUT2D eigenvalue weighted by Crippen LogP contribution is 2.20. The second kappa shape index (κ2) is 10.6. The maximum Gasteiger partial charge on any atom is 0.345 e. The Hall–Kier alpha value is -0.710. The van der Waals surface area contributed by atoms with Crippen molar-refractivity contribution < 1.29 is 0 Å². The topological polar surface area (TPSA) is 67.5 Å². The summed E-state index contributed by atoms with van der Waals surface area (Å²) in [6.45, 7) is 6.66. The summed E-state index contributed by atoms with van der Waals surface area (Å²) in [7, 11) is 1.85. The van der Waals surface area contributed by atoms with E-state index >= 15 is 0 Å². The van der Waals surface area contributed by atoms with Crippen LogP contribution in [0.2, 0.25) is 0 Å². The summed E-state index contributed by atoms with van der Waals surface area (Å²) < 4.78 is 3.47. The van der Waals surface area contributed by atoms with Gasteiger partial charge in [0.1, 0.15) is 5.82 Å². The molecule has 26 heavy (non-hydrogen) atoms. The number of halogens is 1. The number of nitrogens with one attached hydrogen (secondary N) is 1. The van der Waals surface area contributed by atoms with E-state index in [9.17, 15) is 4.79 Å². The summed E-state index contributed by atoms with van der Waals surface area (Å²) in [5.41, 5.74) is 0.0536. The molecule has 0 bridgehead atoms. The van der Waals surface area contributed by atoms with Gasteiger partial charge in [-0.25, -0.2) is 9.48 Å². The summed E-state index contributed by atoms with van der Waals surface area (Å²) in [5.74, 6) is 3.10. The van der Waals surface area contributed by atoms with Crippen molar-refractivity contribution in [1.29, 1.82) is 0 Å². The van der Waals surface area contributed by atoms with Crippen molar-refractivity contribution in [1.82, 2.24) is 24.6 Å². The molecule has 1 saturated heterocycles. The first-order valence-corrected chi connectivity index (χ1v) is 10.5. The first-order valence-electron chi connectivity index (χ1n) is 9.46. The molecule has 1 aromatic heterocycles. The van der Waals surface area contributed by atoms with Crippen LogP contribution in [0.4, 0.5) is 0 Å². The van der Waals surface area contributed by atoms with Crippen LogP contribution in [0.25, 0.3) is 0 Å². The van der Waals surface area contributed by atoms with Crippen molar-refractivity contribution in [3.05, 3.63) is 16.3 Å². The Balaban J connectivity index is 0.00000243. The van der Waals surface area contributed by atoms with Crippen molar-refractivity contribution in [2.75, 3.05) is 32.4 Å². The molecular weight excluding hydrogens is 463 g/mol. The number of aliphatic imine (C=N–C) groups is 1. The average Bonchev–Trinajstić information content (AvgIpc) is 2.98. The number of guanidine groups is 1. The van der Waals surface area contributed by atoms with Gasteiger partial charge < -0.3 is 10.2 Å². The van der Waals surface area contributed by atoms with Crippen LogP contribution < -0.4 is 11.0 Å². The predicted molar refractivity (Wildman–Crippen MR) is 119 cm³/mol. The molecule has 0 spiro atoms. The fourth-order valence-electron chi connectivity index (χ4n) is 3.51. The first-order chi connectivity index (χ1) is 12.2. The van der Waals surface area contributed by atoms with Crippen LogP contribution in [0, 0.1) is 0 Å². The lowest BCUT2D eigenvalue weighted by atomic mass is 10.2. The summed E-state index contributed by atoms with van der Waals surface area (Å²) in [5, 5.41) is 8.64. The van der Waals surface area contributed by atoms with Crippen molar-refractivity contribution in [3.63, 3.8) is 0 Å². The Bertz CT molecular complexity index is 658. The van der Waals surface area contributed by atoms with Crippen LogP contribution >= 0.6 is 35.7 Å². The van der Waals surface area contributed by atoms with Crippen molar-refractivity contribution >= 4 is 41.7 Å². The minimum atomic E-state index is 0. The van der Waals surface area contributed by atoms with Crippen LogP contribution in [-0.2, 0) is 19.5 Å². The Kier molecular flexibility index (Phi) is 8.78. The third kappa shape index (κ3) is 5.17. The van der Waals surface area contributed by atoms with Gasteiger partial charge in [0.15, 0.2) is 5.96 Å². The number of rotatable bonds is 5. The van der Waals surface area contributed by atoms with Crippen molar-refractivity contribution in [2.24, 2.45) is 4.99 Å². The van der Waals surface area contributed by atoms with Gasteiger partial charge >= 0.3 is 5.69 Å². The minimum absolute atomic E-state index is 0. The van der Waals surface area contributed by atoms with E-state index < -0.39 is 0 Å². The van der Waals surface area contributed by atoms with Crippen molar-refractivity contribution in [2.45, 2.75) is 57.4 Å². The Labute approximate surface area is 177 Å². The van der Waals surface area contributed by atoms with E-state index in [4.69, 9.17) is 0 Å². The highest BCUT2D eigenvalue weighted by Gasteiger charge is 2.21. The number of hydrogen-bond donors (Lipinski definition) is 1. The molecule has 7 nitrogen and oxygen atoms in total. The quantitative estimate of drug-likeness (QED) is 0.293. The van der Waals surface area contributed by atoms with Gasteiger partial charge in [-0.2, -0.15) is 16.9 Å². The molecule has 2 aliphatic heterocycles. The molecular formula is C17H31IN6OS. The Morgan fingerprint density at radius 2 is 2.23 bits per heavy atom.